The summed E-state index contributed by atoms with van der Waals surface area (Å²) in [6, 6.07) is 5.14. The van der Waals surface area contributed by atoms with Gasteiger partial charge in [0.05, 0.1) is 17.6 Å². The average molecular weight is 520 g/mol. The van der Waals surface area contributed by atoms with E-state index < -0.39 is 15.7 Å². The smallest absolute Gasteiger partial charge is 0.229 e. The number of H-pyrrole nitrogens is 1. The van der Waals surface area contributed by atoms with Crippen molar-refractivity contribution in [3.63, 3.8) is 0 Å². The third-order valence-corrected chi connectivity index (χ3v) is 9.18. The van der Waals surface area contributed by atoms with Crippen LogP contribution in [-0.4, -0.2) is 57.7 Å². The van der Waals surface area contributed by atoms with Gasteiger partial charge in [-0.25, -0.2) is 17.8 Å². The number of hydrogen-bond acceptors (Lipinski definition) is 8. The van der Waals surface area contributed by atoms with Crippen molar-refractivity contribution in [3.05, 3.63) is 52.1 Å². The molecule has 3 aromatic rings. The number of sulfone groups is 1. The number of aryl methyl sites for hydroxylation is 2. The molecule has 5 rings (SSSR count). The second-order valence-corrected chi connectivity index (χ2v) is 11.9. The number of aromatic amines is 1. The summed E-state index contributed by atoms with van der Waals surface area (Å²) in [5, 5.41) is 12.9. The van der Waals surface area contributed by atoms with E-state index >= 15 is 4.39 Å². The second kappa shape index (κ2) is 9.36. The second-order valence-electron chi connectivity index (χ2n) is 9.19. The van der Waals surface area contributed by atoms with Crippen LogP contribution in [0.3, 0.4) is 0 Å². The lowest BCUT2D eigenvalue weighted by Crippen LogP contribution is -2.52. The molecule has 4 heterocycles. The molecule has 0 aliphatic carbocycles. The van der Waals surface area contributed by atoms with Crippen LogP contribution in [0.2, 0.25) is 5.02 Å². The third-order valence-electron chi connectivity index (χ3n) is 6.74. The van der Waals surface area contributed by atoms with E-state index in [1.54, 1.807) is 12.1 Å². The van der Waals surface area contributed by atoms with Crippen molar-refractivity contribution in [1.29, 1.82) is 0 Å². The van der Waals surface area contributed by atoms with E-state index in [1.165, 1.54) is 6.20 Å². The van der Waals surface area contributed by atoms with Gasteiger partial charge in [0.2, 0.25) is 5.95 Å². The van der Waals surface area contributed by atoms with Crippen LogP contribution in [0.1, 0.15) is 42.0 Å². The van der Waals surface area contributed by atoms with Crippen LogP contribution in [0.15, 0.2) is 24.4 Å². The van der Waals surface area contributed by atoms with E-state index in [2.05, 4.69) is 35.7 Å². The molecule has 1 atom stereocenters. The zero-order chi connectivity index (χ0) is 24.7. The maximum atomic E-state index is 15.1. The lowest BCUT2D eigenvalue weighted by atomic mass is 9.86. The van der Waals surface area contributed by atoms with Gasteiger partial charge in [-0.05, 0) is 75.4 Å². The normalized spacial score (nSPS) is 20.4. The van der Waals surface area contributed by atoms with Gasteiger partial charge in [-0.15, -0.1) is 0 Å². The summed E-state index contributed by atoms with van der Waals surface area (Å²) in [6.07, 6.45) is 3.77. The molecule has 186 valence electrons. The third kappa shape index (κ3) is 4.98. The van der Waals surface area contributed by atoms with E-state index in [1.807, 2.05) is 19.9 Å². The van der Waals surface area contributed by atoms with Gasteiger partial charge in [0.1, 0.15) is 16.2 Å². The summed E-state index contributed by atoms with van der Waals surface area (Å²) in [5.41, 5.74) is 3.07. The van der Waals surface area contributed by atoms with E-state index in [0.717, 1.165) is 29.7 Å². The van der Waals surface area contributed by atoms with Crippen LogP contribution in [0.4, 0.5) is 27.7 Å². The number of nitrogens with zero attached hydrogens (tertiary/aromatic N) is 4. The number of halogens is 2. The van der Waals surface area contributed by atoms with Crippen molar-refractivity contribution in [3.8, 4) is 0 Å². The molecule has 9 nitrogen and oxygen atoms in total. The van der Waals surface area contributed by atoms with Crippen LogP contribution in [0.5, 0.6) is 0 Å². The summed E-state index contributed by atoms with van der Waals surface area (Å²) >= 11 is 6.21. The minimum atomic E-state index is -2.95. The largest absolute Gasteiger partial charge is 0.322 e. The molecule has 3 N–H and O–H groups in total. The lowest BCUT2D eigenvalue weighted by molar-refractivity contribution is 0.179. The highest BCUT2D eigenvalue weighted by Gasteiger charge is 2.41. The summed E-state index contributed by atoms with van der Waals surface area (Å²) in [5.74, 6) is 1.19. The van der Waals surface area contributed by atoms with Crippen LogP contribution >= 0.6 is 11.6 Å². The summed E-state index contributed by atoms with van der Waals surface area (Å²) < 4.78 is 39.0. The molecule has 2 aliphatic heterocycles. The van der Waals surface area contributed by atoms with Gasteiger partial charge < -0.3 is 10.6 Å². The minimum absolute atomic E-state index is 0.192. The molecule has 2 aromatic heterocycles. The van der Waals surface area contributed by atoms with Gasteiger partial charge in [0.15, 0.2) is 21.5 Å². The molecule has 2 fully saturated rings. The fraction of sp³-hybridized carbons (Fsp3) is 0.435. The SMILES string of the molecule is Cc1cc(Nc2nc(Nc3cc(C)c(C4CCN([C@@H]5CCS5(=O)=O)CC4)cc3F)ncc2Cl)n[nH]1. The van der Waals surface area contributed by atoms with Crippen molar-refractivity contribution in [2.24, 2.45) is 0 Å². The monoisotopic (exact) mass is 519 g/mol. The molecular formula is C23H27ClFN7O2S. The summed E-state index contributed by atoms with van der Waals surface area (Å²) in [4.78, 5) is 10.6. The summed E-state index contributed by atoms with van der Waals surface area (Å²) in [7, 11) is -2.95. The zero-order valence-corrected chi connectivity index (χ0v) is 21.0. The Labute approximate surface area is 208 Å². The number of rotatable bonds is 6. The van der Waals surface area contributed by atoms with Crippen LogP contribution in [-0.2, 0) is 9.84 Å². The van der Waals surface area contributed by atoms with Crippen LogP contribution in [0, 0.1) is 19.7 Å². The molecular weight excluding hydrogens is 493 g/mol. The maximum Gasteiger partial charge on any atom is 0.229 e. The molecule has 12 heteroatoms. The van der Waals surface area contributed by atoms with E-state index in [9.17, 15) is 8.42 Å². The number of likely N-dealkylation sites (tertiary alicyclic amines) is 1. The minimum Gasteiger partial charge on any atom is -0.322 e. The Balaban J connectivity index is 1.28. The Morgan fingerprint density at radius 3 is 2.54 bits per heavy atom. The molecule has 0 radical (unpaired) electrons. The van der Waals surface area contributed by atoms with Gasteiger partial charge in [0, 0.05) is 11.8 Å². The standard InChI is InChI=1S/C23H27ClFN7O2S/c1-13-9-19(27-23-26-12-17(24)22(29-23)28-20-10-14(2)30-31-20)18(25)11-16(13)15-3-6-32(7-4-15)21-5-8-35(21,33)34/h9-12,15,21H,3-8H2,1-2H3,(H3,26,27,28,29,30,31)/t21-/m0/s1. The molecule has 0 spiro atoms. The van der Waals surface area contributed by atoms with Crippen molar-refractivity contribution >= 4 is 44.7 Å². The topological polar surface area (TPSA) is 116 Å². The highest BCUT2D eigenvalue weighted by Crippen LogP contribution is 2.36. The molecule has 0 unspecified atom stereocenters. The Hall–Kier alpha value is -2.76. The molecule has 0 bridgehead atoms. The molecule has 1 aromatic carbocycles. The number of hydrogen-bond donors (Lipinski definition) is 3. The van der Waals surface area contributed by atoms with Crippen molar-refractivity contribution in [2.45, 2.75) is 44.4 Å². The first-order chi connectivity index (χ1) is 16.7. The highest BCUT2D eigenvalue weighted by molar-refractivity contribution is 7.93. The first kappa shape index (κ1) is 24.0. The van der Waals surface area contributed by atoms with Gasteiger partial charge in [0.25, 0.3) is 0 Å². The highest BCUT2D eigenvalue weighted by atomic mass is 35.5. The molecule has 2 aliphatic rings. The number of nitrogens with one attached hydrogen (secondary N) is 3. The Morgan fingerprint density at radius 1 is 1.14 bits per heavy atom. The van der Waals surface area contributed by atoms with Crippen LogP contribution in [0.25, 0.3) is 0 Å². The predicted molar refractivity (Wildman–Crippen MR) is 134 cm³/mol. The van der Waals surface area contributed by atoms with Crippen molar-refractivity contribution in [1.82, 2.24) is 25.1 Å². The zero-order valence-electron chi connectivity index (χ0n) is 19.5. The average Bonchev–Trinajstić information content (AvgIpc) is 3.22. The van der Waals surface area contributed by atoms with E-state index in [4.69, 9.17) is 11.6 Å². The molecule has 0 saturated carbocycles. The Kier molecular flexibility index (Phi) is 6.41. The quantitative estimate of drug-likeness (QED) is 0.438. The number of aromatic nitrogens is 4. The first-order valence-corrected chi connectivity index (χ1v) is 13.6. The Morgan fingerprint density at radius 2 is 1.91 bits per heavy atom. The number of benzene rings is 1. The molecule has 2 saturated heterocycles. The van der Waals surface area contributed by atoms with Crippen molar-refractivity contribution < 1.29 is 12.8 Å². The number of piperidine rings is 1. The lowest BCUT2D eigenvalue weighted by Gasteiger charge is -2.41. The fourth-order valence-corrected chi connectivity index (χ4v) is 6.43. The van der Waals surface area contributed by atoms with Gasteiger partial charge in [-0.3, -0.25) is 10.00 Å². The maximum absolute atomic E-state index is 15.1. The van der Waals surface area contributed by atoms with Crippen LogP contribution < -0.4 is 10.6 Å². The van der Waals surface area contributed by atoms with E-state index in [-0.39, 0.29) is 28.7 Å². The first-order valence-electron chi connectivity index (χ1n) is 11.5. The number of anilines is 4. The summed E-state index contributed by atoms with van der Waals surface area (Å²) in [6.45, 7) is 5.25. The van der Waals surface area contributed by atoms with Gasteiger partial charge in [-0.2, -0.15) is 10.1 Å². The molecule has 35 heavy (non-hydrogen) atoms. The Bertz CT molecular complexity index is 1360. The van der Waals surface area contributed by atoms with Crippen molar-refractivity contribution in [2.75, 3.05) is 29.5 Å². The molecule has 0 amide bonds. The fourth-order valence-electron chi connectivity index (χ4n) is 4.80. The predicted octanol–water partition coefficient (Wildman–Crippen LogP) is 4.42. The van der Waals surface area contributed by atoms with Gasteiger partial charge >= 0.3 is 0 Å². The van der Waals surface area contributed by atoms with Gasteiger partial charge in [-0.1, -0.05) is 11.6 Å². The van der Waals surface area contributed by atoms with E-state index in [0.29, 0.717) is 36.2 Å².